The minimum Gasteiger partial charge on any atom is -0.493 e. The number of ether oxygens (including phenoxy) is 2. The third-order valence-electron chi connectivity index (χ3n) is 10.00. The third-order valence-corrected chi connectivity index (χ3v) is 10.3. The summed E-state index contributed by atoms with van der Waals surface area (Å²) in [5.74, 6) is 1.20. The number of carbonyl (C=O) groups excluding carboxylic acids is 2. The molecule has 2 fully saturated rings. The van der Waals surface area contributed by atoms with Crippen molar-refractivity contribution in [1.29, 1.82) is 0 Å². The topological polar surface area (TPSA) is 82.6 Å². The molecular weight excluding hydrogens is 602 g/mol. The van der Waals surface area contributed by atoms with Gasteiger partial charge in [0.1, 0.15) is 0 Å². The van der Waals surface area contributed by atoms with E-state index in [0.29, 0.717) is 16.5 Å². The highest BCUT2D eigenvalue weighted by Crippen LogP contribution is 2.48. The van der Waals surface area contributed by atoms with Gasteiger partial charge in [0.05, 0.1) is 31.3 Å². The van der Waals surface area contributed by atoms with Gasteiger partial charge < -0.3 is 29.3 Å². The SMILES string of the molecule is COc1cc2c(cc1OC(C)C)C(c1ccc(Cl)cc1)N(c1ccc(C(C)(O)C3CC4CCC(C3)N4C(=O)N(C)C)cc1)C(=O)C2. The summed E-state index contributed by atoms with van der Waals surface area (Å²) in [5.41, 5.74) is 3.23. The summed E-state index contributed by atoms with van der Waals surface area (Å²) in [7, 11) is 5.20. The fraction of sp³-hybridized carbons (Fsp3) is 0.459. The van der Waals surface area contributed by atoms with Crippen LogP contribution in [0.3, 0.4) is 0 Å². The van der Waals surface area contributed by atoms with Crippen LogP contribution in [-0.2, 0) is 16.8 Å². The van der Waals surface area contributed by atoms with Crippen molar-refractivity contribution in [1.82, 2.24) is 9.80 Å². The summed E-state index contributed by atoms with van der Waals surface area (Å²) in [5, 5.41) is 12.6. The van der Waals surface area contributed by atoms with Crippen molar-refractivity contribution < 1.29 is 24.2 Å². The Morgan fingerprint density at radius 1 is 1.00 bits per heavy atom. The Morgan fingerprint density at radius 3 is 2.20 bits per heavy atom. The van der Waals surface area contributed by atoms with Gasteiger partial charge in [0.2, 0.25) is 5.91 Å². The van der Waals surface area contributed by atoms with Crippen molar-refractivity contribution in [2.24, 2.45) is 5.92 Å². The number of hydrogen-bond donors (Lipinski definition) is 1. The molecule has 2 saturated heterocycles. The van der Waals surface area contributed by atoms with Crippen molar-refractivity contribution in [3.8, 4) is 11.5 Å². The monoisotopic (exact) mass is 645 g/mol. The molecule has 244 valence electrons. The van der Waals surface area contributed by atoms with Gasteiger partial charge >= 0.3 is 6.03 Å². The van der Waals surface area contributed by atoms with E-state index in [1.165, 1.54) is 0 Å². The number of aliphatic hydroxyl groups is 1. The van der Waals surface area contributed by atoms with Gasteiger partial charge in [0, 0.05) is 36.9 Å². The molecule has 46 heavy (non-hydrogen) atoms. The van der Waals surface area contributed by atoms with Crippen LogP contribution in [0.1, 0.15) is 74.8 Å². The molecule has 0 saturated carbocycles. The van der Waals surface area contributed by atoms with Gasteiger partial charge in [-0.1, -0.05) is 35.9 Å². The molecule has 2 bridgehead atoms. The van der Waals surface area contributed by atoms with Crippen molar-refractivity contribution >= 4 is 29.2 Å². The largest absolute Gasteiger partial charge is 0.493 e. The number of benzene rings is 3. The van der Waals surface area contributed by atoms with Crippen LogP contribution in [0.2, 0.25) is 5.02 Å². The molecule has 6 rings (SSSR count). The Hall–Kier alpha value is -3.75. The maximum Gasteiger partial charge on any atom is 0.319 e. The molecular formula is C37H44ClN3O5. The maximum absolute atomic E-state index is 14.0. The van der Waals surface area contributed by atoms with Crippen LogP contribution in [0.25, 0.3) is 0 Å². The summed E-state index contributed by atoms with van der Waals surface area (Å²) in [6.45, 7) is 5.83. The van der Waals surface area contributed by atoms with E-state index in [9.17, 15) is 14.7 Å². The first kappa shape index (κ1) is 32.2. The molecule has 1 N–H and O–H groups in total. The zero-order valence-corrected chi connectivity index (χ0v) is 28.3. The van der Waals surface area contributed by atoms with E-state index in [4.69, 9.17) is 21.1 Å². The number of fused-ring (bicyclic) bond motifs is 3. The third kappa shape index (κ3) is 5.82. The first-order chi connectivity index (χ1) is 21.9. The fourth-order valence-corrected chi connectivity index (χ4v) is 7.83. The smallest absolute Gasteiger partial charge is 0.319 e. The molecule has 8 nitrogen and oxygen atoms in total. The summed E-state index contributed by atoms with van der Waals surface area (Å²) in [6, 6.07) is 19.2. The highest BCUT2D eigenvalue weighted by Gasteiger charge is 2.49. The van der Waals surface area contributed by atoms with Crippen molar-refractivity contribution in [2.45, 2.75) is 82.7 Å². The van der Waals surface area contributed by atoms with Gasteiger partial charge in [-0.25, -0.2) is 4.79 Å². The number of nitrogens with zero attached hydrogens (tertiary/aromatic N) is 3. The van der Waals surface area contributed by atoms with Gasteiger partial charge in [-0.15, -0.1) is 0 Å². The second-order valence-electron chi connectivity index (χ2n) is 13.6. The van der Waals surface area contributed by atoms with Crippen LogP contribution in [0.5, 0.6) is 11.5 Å². The van der Waals surface area contributed by atoms with Crippen LogP contribution in [0, 0.1) is 5.92 Å². The number of anilines is 1. The zero-order chi connectivity index (χ0) is 32.9. The van der Waals surface area contributed by atoms with E-state index in [0.717, 1.165) is 53.6 Å². The highest BCUT2D eigenvalue weighted by molar-refractivity contribution is 6.30. The number of methoxy groups -OCH3 is 1. The predicted molar refractivity (Wildman–Crippen MR) is 180 cm³/mol. The van der Waals surface area contributed by atoms with E-state index < -0.39 is 11.6 Å². The minimum absolute atomic E-state index is 0.0155. The van der Waals surface area contributed by atoms with Crippen LogP contribution in [0.15, 0.2) is 60.7 Å². The van der Waals surface area contributed by atoms with Gasteiger partial charge in [0.25, 0.3) is 0 Å². The van der Waals surface area contributed by atoms with E-state index in [-0.39, 0.29) is 42.5 Å². The molecule has 3 heterocycles. The van der Waals surface area contributed by atoms with E-state index in [1.54, 1.807) is 26.1 Å². The first-order valence-corrected chi connectivity index (χ1v) is 16.5. The van der Waals surface area contributed by atoms with Crippen molar-refractivity contribution in [3.63, 3.8) is 0 Å². The molecule has 0 spiro atoms. The fourth-order valence-electron chi connectivity index (χ4n) is 7.70. The van der Waals surface area contributed by atoms with Crippen LogP contribution >= 0.6 is 11.6 Å². The Kier molecular flexibility index (Phi) is 8.72. The molecule has 0 aromatic heterocycles. The number of urea groups is 1. The van der Waals surface area contributed by atoms with E-state index in [1.807, 2.05) is 91.2 Å². The number of piperidine rings is 1. The quantitative estimate of drug-likeness (QED) is 0.301. The van der Waals surface area contributed by atoms with Crippen LogP contribution in [0.4, 0.5) is 10.5 Å². The molecule has 3 aromatic carbocycles. The predicted octanol–water partition coefficient (Wildman–Crippen LogP) is 6.95. The minimum atomic E-state index is -1.08. The van der Waals surface area contributed by atoms with Crippen LogP contribution in [-0.4, -0.2) is 66.2 Å². The second-order valence-corrected chi connectivity index (χ2v) is 14.0. The van der Waals surface area contributed by atoms with E-state index in [2.05, 4.69) is 0 Å². The summed E-state index contributed by atoms with van der Waals surface area (Å²) in [4.78, 5) is 32.3. The number of halogens is 1. The molecule has 3 amide bonds. The van der Waals surface area contributed by atoms with Gasteiger partial charge in [-0.3, -0.25) is 4.79 Å². The number of rotatable bonds is 7. The van der Waals surface area contributed by atoms with Gasteiger partial charge in [-0.05, 0) is 111 Å². The standard InChI is InChI=1S/C37H44ClN3O5/c1-22(2)46-33-21-31-24(17-32(33)45-6)18-34(42)41(35(31)23-7-11-27(38)12-8-23)28-13-9-25(10-14-28)37(3,44)26-19-29-15-16-30(20-26)40(29)36(43)39(4)5/h7-14,17,21-22,26,29-30,35,44H,15-16,18-20H2,1-6H3. The van der Waals surface area contributed by atoms with Crippen molar-refractivity contribution in [2.75, 3.05) is 26.1 Å². The summed E-state index contributed by atoms with van der Waals surface area (Å²) >= 11 is 6.28. The Bertz CT molecular complexity index is 1590. The van der Waals surface area contributed by atoms with Crippen molar-refractivity contribution in [3.05, 3.63) is 87.9 Å². The lowest BCUT2D eigenvalue weighted by atomic mass is 9.75. The average molecular weight is 646 g/mol. The van der Waals surface area contributed by atoms with E-state index >= 15 is 0 Å². The summed E-state index contributed by atoms with van der Waals surface area (Å²) in [6.07, 6.45) is 3.61. The normalized spacial score (nSPS) is 23.6. The lowest BCUT2D eigenvalue weighted by molar-refractivity contribution is -0.118. The molecule has 3 aromatic rings. The van der Waals surface area contributed by atoms with Gasteiger partial charge in [-0.2, -0.15) is 0 Å². The van der Waals surface area contributed by atoms with Crippen LogP contribution < -0.4 is 14.4 Å². The summed E-state index contributed by atoms with van der Waals surface area (Å²) < 4.78 is 11.8. The molecule has 4 atom stereocenters. The zero-order valence-electron chi connectivity index (χ0n) is 27.5. The second kappa shape index (κ2) is 12.5. The lowest BCUT2D eigenvalue weighted by Crippen LogP contribution is -2.53. The highest BCUT2D eigenvalue weighted by atomic mass is 35.5. The number of amides is 3. The molecule has 3 aliphatic rings. The average Bonchev–Trinajstić information content (AvgIpc) is 3.28. The Labute approximate surface area is 276 Å². The molecule has 4 unspecified atom stereocenters. The Morgan fingerprint density at radius 2 is 1.63 bits per heavy atom. The molecule has 0 aliphatic carbocycles. The Balaban J connectivity index is 1.33. The first-order valence-electron chi connectivity index (χ1n) is 16.2. The lowest BCUT2D eigenvalue weighted by Gasteiger charge is -2.45. The maximum atomic E-state index is 14.0. The van der Waals surface area contributed by atoms with Gasteiger partial charge in [0.15, 0.2) is 11.5 Å². The molecule has 3 aliphatic heterocycles. The number of hydrogen-bond acceptors (Lipinski definition) is 5. The molecule has 9 heteroatoms. The molecule has 0 radical (unpaired) electrons. The number of carbonyl (C=O) groups is 2.